The lowest BCUT2D eigenvalue weighted by molar-refractivity contribution is 0.00622. The molecule has 0 fully saturated rings. The van der Waals surface area contributed by atoms with E-state index in [9.17, 15) is 9.59 Å². The summed E-state index contributed by atoms with van der Waals surface area (Å²) in [5, 5.41) is 3.58. The summed E-state index contributed by atoms with van der Waals surface area (Å²) in [5.41, 5.74) is 3.60. The monoisotopic (exact) mass is 462 g/mol. The number of carbonyl (C=O) groups excluding carboxylic acids is 2. The molecule has 0 spiro atoms. The molecule has 0 radical (unpaired) electrons. The quantitative estimate of drug-likeness (QED) is 0.417. The number of methoxy groups -OCH3 is 1. The van der Waals surface area contributed by atoms with Gasteiger partial charge in [0.15, 0.2) is 0 Å². The molecule has 180 valence electrons. The van der Waals surface area contributed by atoms with Crippen LogP contribution in [0.5, 0.6) is 0 Å². The number of hydrogen-bond acceptors (Lipinski definition) is 5. The average Bonchev–Trinajstić information content (AvgIpc) is 3.20. The summed E-state index contributed by atoms with van der Waals surface area (Å²) in [4.78, 5) is 28.8. The minimum absolute atomic E-state index is 0.00690. The summed E-state index contributed by atoms with van der Waals surface area (Å²) in [6.45, 7) is 7.71. The molecular weight excluding hydrogens is 428 g/mol. The number of aromatic amines is 1. The molecule has 6 nitrogen and oxygen atoms in total. The molecule has 1 heterocycles. The maximum absolute atomic E-state index is 12.9. The third-order valence-electron chi connectivity index (χ3n) is 5.54. The zero-order chi connectivity index (χ0) is 24.7. The van der Waals surface area contributed by atoms with Gasteiger partial charge < -0.3 is 19.8 Å². The standard InChI is InChI=1S/C28H34N2O4/c1-6-21-24(26(31)33-5)23(30-25(21)27(32)34-28(2,3)4)18-29-22(20-15-11-8-12-16-20)17-19-13-9-7-10-14-19/h7-16,22,29-30H,6,17-18H2,1-5H3. The summed E-state index contributed by atoms with van der Waals surface area (Å²) < 4.78 is 10.6. The Labute approximate surface area is 201 Å². The number of H-pyrrole nitrogens is 1. The lowest BCUT2D eigenvalue weighted by Gasteiger charge is -2.20. The second kappa shape index (κ2) is 11.2. The van der Waals surface area contributed by atoms with Gasteiger partial charge in [0.05, 0.1) is 12.7 Å². The molecule has 0 amide bonds. The molecule has 0 bridgehead atoms. The van der Waals surface area contributed by atoms with E-state index in [0.29, 0.717) is 35.5 Å². The molecule has 6 heteroatoms. The Hall–Kier alpha value is -3.38. The van der Waals surface area contributed by atoms with Crippen molar-refractivity contribution < 1.29 is 19.1 Å². The number of benzene rings is 2. The summed E-state index contributed by atoms with van der Waals surface area (Å²) in [5.74, 6) is -0.955. The van der Waals surface area contributed by atoms with Crippen molar-refractivity contribution in [2.45, 2.75) is 58.7 Å². The highest BCUT2D eigenvalue weighted by molar-refractivity contribution is 5.98. The highest BCUT2D eigenvalue weighted by atomic mass is 16.6. The lowest BCUT2D eigenvalue weighted by Crippen LogP contribution is -2.25. The number of rotatable bonds is 9. The fraction of sp³-hybridized carbons (Fsp3) is 0.357. The van der Waals surface area contributed by atoms with Crippen LogP contribution in [0.2, 0.25) is 0 Å². The van der Waals surface area contributed by atoms with Crippen LogP contribution >= 0.6 is 0 Å². The molecule has 3 rings (SSSR count). The molecule has 0 aliphatic heterocycles. The summed E-state index contributed by atoms with van der Waals surface area (Å²) >= 11 is 0. The minimum Gasteiger partial charge on any atom is -0.465 e. The van der Waals surface area contributed by atoms with Gasteiger partial charge in [-0.3, -0.25) is 0 Å². The highest BCUT2D eigenvalue weighted by Gasteiger charge is 2.29. The molecule has 0 saturated carbocycles. The topological polar surface area (TPSA) is 80.4 Å². The van der Waals surface area contributed by atoms with Crippen molar-refractivity contribution in [1.29, 1.82) is 0 Å². The Bertz CT molecular complexity index is 1100. The fourth-order valence-electron chi connectivity index (χ4n) is 4.00. The predicted octanol–water partition coefficient (Wildman–Crippen LogP) is 5.39. The van der Waals surface area contributed by atoms with Gasteiger partial charge in [-0.1, -0.05) is 67.6 Å². The molecule has 2 N–H and O–H groups in total. The lowest BCUT2D eigenvalue weighted by atomic mass is 9.98. The van der Waals surface area contributed by atoms with E-state index in [1.54, 1.807) is 0 Å². The molecule has 3 aromatic rings. The third kappa shape index (κ3) is 6.35. The SMILES string of the molecule is CCc1c(C(=O)OC(C)(C)C)[nH]c(CNC(Cc2ccccc2)c2ccccc2)c1C(=O)OC. The van der Waals surface area contributed by atoms with Crippen LogP contribution < -0.4 is 5.32 Å². The van der Waals surface area contributed by atoms with Gasteiger partial charge in [-0.2, -0.15) is 0 Å². The molecule has 0 aliphatic carbocycles. The predicted molar refractivity (Wildman–Crippen MR) is 133 cm³/mol. The minimum atomic E-state index is -0.648. The van der Waals surface area contributed by atoms with Crippen molar-refractivity contribution in [1.82, 2.24) is 10.3 Å². The second-order valence-corrected chi connectivity index (χ2v) is 9.21. The van der Waals surface area contributed by atoms with E-state index in [-0.39, 0.29) is 6.04 Å². The van der Waals surface area contributed by atoms with E-state index in [1.807, 2.05) is 64.1 Å². The zero-order valence-electron chi connectivity index (χ0n) is 20.6. The highest BCUT2D eigenvalue weighted by Crippen LogP contribution is 2.25. The maximum atomic E-state index is 12.9. The van der Waals surface area contributed by atoms with E-state index in [4.69, 9.17) is 9.47 Å². The molecule has 1 atom stereocenters. The van der Waals surface area contributed by atoms with Crippen LogP contribution in [-0.2, 0) is 28.9 Å². The first-order valence-corrected chi connectivity index (χ1v) is 11.6. The number of ether oxygens (including phenoxy) is 2. The molecule has 1 aromatic heterocycles. The Morgan fingerprint density at radius 2 is 1.59 bits per heavy atom. The van der Waals surface area contributed by atoms with E-state index < -0.39 is 17.5 Å². The third-order valence-corrected chi connectivity index (χ3v) is 5.54. The van der Waals surface area contributed by atoms with Crippen LogP contribution in [0.4, 0.5) is 0 Å². The summed E-state index contributed by atoms with van der Waals surface area (Å²) in [6, 6.07) is 20.4. The van der Waals surface area contributed by atoms with E-state index in [2.05, 4.69) is 34.6 Å². The Morgan fingerprint density at radius 3 is 2.15 bits per heavy atom. The van der Waals surface area contributed by atoms with Gasteiger partial charge >= 0.3 is 11.9 Å². The smallest absolute Gasteiger partial charge is 0.355 e. The number of nitrogens with one attached hydrogen (secondary N) is 2. The van der Waals surface area contributed by atoms with Crippen molar-refractivity contribution in [2.24, 2.45) is 0 Å². The fourth-order valence-corrected chi connectivity index (χ4v) is 4.00. The number of hydrogen-bond donors (Lipinski definition) is 2. The summed E-state index contributed by atoms with van der Waals surface area (Å²) in [6.07, 6.45) is 1.26. The van der Waals surface area contributed by atoms with Gasteiger partial charge in [-0.05, 0) is 50.3 Å². The van der Waals surface area contributed by atoms with E-state index in [1.165, 1.54) is 12.7 Å². The number of esters is 2. The number of carbonyl (C=O) groups is 2. The Morgan fingerprint density at radius 1 is 0.971 bits per heavy atom. The number of aromatic nitrogens is 1. The van der Waals surface area contributed by atoms with Crippen molar-refractivity contribution in [3.05, 3.63) is 94.3 Å². The van der Waals surface area contributed by atoms with Crippen LogP contribution in [-0.4, -0.2) is 29.6 Å². The Kier molecular flexibility index (Phi) is 8.29. The average molecular weight is 463 g/mol. The molecule has 0 saturated heterocycles. The van der Waals surface area contributed by atoms with Gasteiger partial charge in [0.2, 0.25) is 0 Å². The van der Waals surface area contributed by atoms with Crippen molar-refractivity contribution in [3.63, 3.8) is 0 Å². The van der Waals surface area contributed by atoms with Gasteiger partial charge in [-0.15, -0.1) is 0 Å². The first-order valence-electron chi connectivity index (χ1n) is 11.6. The first-order chi connectivity index (χ1) is 16.2. The molecule has 0 aliphatic rings. The maximum Gasteiger partial charge on any atom is 0.355 e. The Balaban J connectivity index is 1.94. The van der Waals surface area contributed by atoms with Crippen molar-refractivity contribution in [3.8, 4) is 0 Å². The van der Waals surface area contributed by atoms with Crippen molar-refractivity contribution >= 4 is 11.9 Å². The van der Waals surface area contributed by atoms with Crippen molar-refractivity contribution in [2.75, 3.05) is 7.11 Å². The molecule has 1 unspecified atom stereocenters. The van der Waals surface area contributed by atoms with Gasteiger partial charge in [0.1, 0.15) is 11.3 Å². The zero-order valence-corrected chi connectivity index (χ0v) is 20.6. The van der Waals surface area contributed by atoms with Gasteiger partial charge in [0, 0.05) is 18.3 Å². The first kappa shape index (κ1) is 25.2. The van der Waals surface area contributed by atoms with Crippen LogP contribution in [0.1, 0.15) is 77.0 Å². The molecule has 2 aromatic carbocycles. The van der Waals surface area contributed by atoms with Crippen LogP contribution in [0, 0.1) is 0 Å². The van der Waals surface area contributed by atoms with Gasteiger partial charge in [0.25, 0.3) is 0 Å². The van der Waals surface area contributed by atoms with E-state index in [0.717, 1.165) is 12.0 Å². The molecule has 34 heavy (non-hydrogen) atoms. The van der Waals surface area contributed by atoms with E-state index >= 15 is 0 Å². The van der Waals surface area contributed by atoms with Gasteiger partial charge in [-0.25, -0.2) is 9.59 Å². The summed E-state index contributed by atoms with van der Waals surface area (Å²) in [7, 11) is 1.35. The normalized spacial score (nSPS) is 12.3. The van der Waals surface area contributed by atoms with Crippen LogP contribution in [0.3, 0.4) is 0 Å². The molecular formula is C28H34N2O4. The van der Waals surface area contributed by atoms with Crippen LogP contribution in [0.25, 0.3) is 0 Å². The van der Waals surface area contributed by atoms with Crippen LogP contribution in [0.15, 0.2) is 60.7 Å². The largest absolute Gasteiger partial charge is 0.465 e. The second-order valence-electron chi connectivity index (χ2n) is 9.21.